The molecule has 0 heterocycles. The lowest BCUT2D eigenvalue weighted by Gasteiger charge is -2.47. The van der Waals surface area contributed by atoms with Crippen LogP contribution in [0.1, 0.15) is 34.1 Å². The molecule has 0 aromatic carbocycles. The smallest absolute Gasteiger partial charge is 0.101 e. The third kappa shape index (κ3) is 3.27. The number of nitrogens with zero attached hydrogens (tertiary/aromatic N) is 1. The van der Waals surface area contributed by atoms with Gasteiger partial charge in [-0.05, 0) is 44.1 Å². The van der Waals surface area contributed by atoms with E-state index in [-0.39, 0.29) is 11.8 Å². The van der Waals surface area contributed by atoms with Crippen molar-refractivity contribution in [2.24, 2.45) is 28.7 Å². The highest BCUT2D eigenvalue weighted by molar-refractivity contribution is 5.71. The molecule has 0 amide bonds. The van der Waals surface area contributed by atoms with Gasteiger partial charge >= 0.3 is 0 Å². The molecule has 1 fully saturated rings. The van der Waals surface area contributed by atoms with Gasteiger partial charge in [-0.3, -0.25) is 4.99 Å². The molecule has 0 saturated heterocycles. The number of halogens is 1. The molecule has 1 aliphatic carbocycles. The number of alkyl halides is 1. The van der Waals surface area contributed by atoms with E-state index in [1.54, 1.807) is 13.1 Å². The molecular formula is C15H24FN. The molecule has 1 aliphatic rings. The number of allylic oxidation sites excluding steroid dienone is 3. The quantitative estimate of drug-likeness (QED) is 0.628. The van der Waals surface area contributed by atoms with Crippen LogP contribution in [0, 0.1) is 23.7 Å². The van der Waals surface area contributed by atoms with Crippen molar-refractivity contribution in [2.75, 3.05) is 0 Å². The SMILES string of the molecule is C=C(/N=C\C=C/C)C(C)C1CC(C)C1C(C)F. The monoisotopic (exact) mass is 237 g/mol. The Morgan fingerprint density at radius 2 is 2.12 bits per heavy atom. The van der Waals surface area contributed by atoms with Gasteiger partial charge in [0.1, 0.15) is 6.17 Å². The predicted molar refractivity (Wildman–Crippen MR) is 72.9 cm³/mol. The van der Waals surface area contributed by atoms with E-state index in [2.05, 4.69) is 25.4 Å². The van der Waals surface area contributed by atoms with Crippen LogP contribution in [0.3, 0.4) is 0 Å². The van der Waals surface area contributed by atoms with Crippen LogP contribution < -0.4 is 0 Å². The van der Waals surface area contributed by atoms with Crippen molar-refractivity contribution in [3.8, 4) is 0 Å². The molecule has 5 unspecified atom stereocenters. The second-order valence-electron chi connectivity index (χ2n) is 5.22. The third-order valence-electron chi connectivity index (χ3n) is 4.01. The lowest BCUT2D eigenvalue weighted by molar-refractivity contribution is -0.00523. The Hall–Kier alpha value is -0.920. The fourth-order valence-electron chi connectivity index (χ4n) is 2.89. The first-order valence-corrected chi connectivity index (χ1v) is 6.47. The highest BCUT2D eigenvalue weighted by Gasteiger charge is 2.44. The maximum atomic E-state index is 13.5. The van der Waals surface area contributed by atoms with E-state index >= 15 is 0 Å². The summed E-state index contributed by atoms with van der Waals surface area (Å²) >= 11 is 0. The van der Waals surface area contributed by atoms with Crippen LogP contribution in [0.4, 0.5) is 4.39 Å². The minimum Gasteiger partial charge on any atom is -0.262 e. The predicted octanol–water partition coefficient (Wildman–Crippen LogP) is 4.41. The van der Waals surface area contributed by atoms with Crippen molar-refractivity contribution < 1.29 is 4.39 Å². The Kier molecular flexibility index (Phi) is 5.10. The van der Waals surface area contributed by atoms with E-state index in [1.807, 2.05) is 19.1 Å². The van der Waals surface area contributed by atoms with Crippen LogP contribution in [0.5, 0.6) is 0 Å². The van der Waals surface area contributed by atoms with E-state index in [0.717, 1.165) is 12.1 Å². The summed E-state index contributed by atoms with van der Waals surface area (Å²) in [6, 6.07) is 0. The van der Waals surface area contributed by atoms with Crippen LogP contribution in [0.15, 0.2) is 29.4 Å². The van der Waals surface area contributed by atoms with Gasteiger partial charge in [-0.2, -0.15) is 0 Å². The second-order valence-corrected chi connectivity index (χ2v) is 5.22. The average Bonchev–Trinajstić information content (AvgIpc) is 2.24. The maximum absolute atomic E-state index is 13.5. The number of hydrogen-bond donors (Lipinski definition) is 0. The molecule has 1 nitrogen and oxygen atoms in total. The molecular weight excluding hydrogens is 213 g/mol. The molecule has 0 bridgehead atoms. The summed E-state index contributed by atoms with van der Waals surface area (Å²) in [7, 11) is 0. The summed E-state index contributed by atoms with van der Waals surface area (Å²) in [5.41, 5.74) is 0.866. The highest BCUT2D eigenvalue weighted by atomic mass is 19.1. The summed E-state index contributed by atoms with van der Waals surface area (Å²) in [5, 5.41) is 0. The van der Waals surface area contributed by atoms with Crippen molar-refractivity contribution in [1.82, 2.24) is 0 Å². The molecule has 0 aromatic rings. The largest absolute Gasteiger partial charge is 0.262 e. The molecule has 0 radical (unpaired) electrons. The van der Waals surface area contributed by atoms with E-state index in [9.17, 15) is 4.39 Å². The first-order valence-electron chi connectivity index (χ1n) is 6.47. The van der Waals surface area contributed by atoms with Crippen LogP contribution in [-0.4, -0.2) is 12.4 Å². The summed E-state index contributed by atoms with van der Waals surface area (Å²) in [4.78, 5) is 4.31. The highest BCUT2D eigenvalue weighted by Crippen LogP contribution is 2.48. The Balaban J connectivity index is 2.59. The molecule has 0 aliphatic heterocycles. The lowest BCUT2D eigenvalue weighted by Crippen LogP contribution is -2.43. The van der Waals surface area contributed by atoms with Crippen LogP contribution in [-0.2, 0) is 0 Å². The lowest BCUT2D eigenvalue weighted by atomic mass is 9.59. The molecule has 2 heteroatoms. The van der Waals surface area contributed by atoms with Gasteiger partial charge in [-0.1, -0.05) is 26.5 Å². The number of hydrogen-bond acceptors (Lipinski definition) is 1. The molecule has 1 saturated carbocycles. The van der Waals surface area contributed by atoms with Crippen molar-refractivity contribution in [1.29, 1.82) is 0 Å². The normalized spacial score (nSPS) is 32.6. The average molecular weight is 237 g/mol. The topological polar surface area (TPSA) is 12.4 Å². The Morgan fingerprint density at radius 3 is 2.59 bits per heavy atom. The zero-order valence-corrected chi connectivity index (χ0v) is 11.4. The van der Waals surface area contributed by atoms with Gasteiger partial charge < -0.3 is 0 Å². The molecule has 1 rings (SSSR count). The van der Waals surface area contributed by atoms with Gasteiger partial charge in [-0.25, -0.2) is 4.39 Å². The van der Waals surface area contributed by atoms with Gasteiger partial charge in [0.15, 0.2) is 0 Å². The van der Waals surface area contributed by atoms with Crippen LogP contribution in [0.2, 0.25) is 0 Å². The van der Waals surface area contributed by atoms with Crippen molar-refractivity contribution in [3.63, 3.8) is 0 Å². The Morgan fingerprint density at radius 1 is 1.47 bits per heavy atom. The third-order valence-corrected chi connectivity index (χ3v) is 4.01. The zero-order chi connectivity index (χ0) is 13.0. The van der Waals surface area contributed by atoms with Crippen LogP contribution >= 0.6 is 0 Å². The zero-order valence-electron chi connectivity index (χ0n) is 11.4. The molecule has 0 spiro atoms. The van der Waals surface area contributed by atoms with Gasteiger partial charge in [-0.15, -0.1) is 0 Å². The molecule has 0 N–H and O–H groups in total. The first-order chi connectivity index (χ1) is 7.99. The van der Waals surface area contributed by atoms with Gasteiger partial charge in [0.05, 0.1) is 0 Å². The molecule has 96 valence electrons. The van der Waals surface area contributed by atoms with Crippen molar-refractivity contribution in [3.05, 3.63) is 24.4 Å². The Bertz CT molecular complexity index is 312. The first kappa shape index (κ1) is 14.1. The minimum atomic E-state index is -0.724. The van der Waals surface area contributed by atoms with Crippen molar-refractivity contribution in [2.45, 2.75) is 40.3 Å². The van der Waals surface area contributed by atoms with E-state index in [4.69, 9.17) is 0 Å². The van der Waals surface area contributed by atoms with Gasteiger partial charge in [0.25, 0.3) is 0 Å². The van der Waals surface area contributed by atoms with E-state index in [0.29, 0.717) is 11.8 Å². The molecule has 0 aromatic heterocycles. The fraction of sp³-hybridized carbons (Fsp3) is 0.667. The van der Waals surface area contributed by atoms with E-state index < -0.39 is 6.17 Å². The van der Waals surface area contributed by atoms with Gasteiger partial charge in [0.2, 0.25) is 0 Å². The summed E-state index contributed by atoms with van der Waals surface area (Å²) < 4.78 is 13.5. The summed E-state index contributed by atoms with van der Waals surface area (Å²) in [6.07, 6.45) is 5.95. The number of rotatable bonds is 5. The van der Waals surface area contributed by atoms with Crippen LogP contribution in [0.25, 0.3) is 0 Å². The van der Waals surface area contributed by atoms with Gasteiger partial charge in [0, 0.05) is 17.8 Å². The fourth-order valence-corrected chi connectivity index (χ4v) is 2.89. The molecule has 5 atom stereocenters. The second kappa shape index (κ2) is 6.13. The van der Waals surface area contributed by atoms with E-state index in [1.165, 1.54) is 0 Å². The summed E-state index contributed by atoms with van der Waals surface area (Å²) in [5.74, 6) is 1.35. The number of aliphatic imine (C=N–C) groups is 1. The minimum absolute atomic E-state index is 0.179. The standard InChI is InChI=1S/C15H24FN/c1-6-7-8-17-13(5)11(3)14-9-10(2)15(14)12(4)16/h6-8,10-12,14-15H,5,9H2,1-4H3/b7-6-,17-8-. The maximum Gasteiger partial charge on any atom is 0.101 e. The van der Waals surface area contributed by atoms with Crippen molar-refractivity contribution >= 4 is 6.21 Å². The Labute approximate surface area is 105 Å². The summed E-state index contributed by atoms with van der Waals surface area (Å²) in [6.45, 7) is 11.9. The molecule has 17 heavy (non-hydrogen) atoms.